The van der Waals surface area contributed by atoms with Crippen molar-refractivity contribution in [3.8, 4) is 5.82 Å². The van der Waals surface area contributed by atoms with Gasteiger partial charge in [-0.05, 0) is 67.5 Å². The topological polar surface area (TPSA) is 95.1 Å². The number of hydrogen-bond acceptors (Lipinski definition) is 5. The van der Waals surface area contributed by atoms with Crippen LogP contribution < -0.4 is 11.1 Å². The third-order valence-electron chi connectivity index (χ3n) is 5.77. The molecule has 4 rings (SSSR count). The number of rotatable bonds is 5. The van der Waals surface area contributed by atoms with Crippen molar-refractivity contribution >= 4 is 11.6 Å². The van der Waals surface area contributed by atoms with Crippen molar-refractivity contribution in [2.75, 3.05) is 18.9 Å². The summed E-state index contributed by atoms with van der Waals surface area (Å²) in [4.78, 5) is 21.5. The largest absolute Gasteiger partial charge is 0.398 e. The van der Waals surface area contributed by atoms with E-state index in [0.717, 1.165) is 47.5 Å². The Labute approximate surface area is 176 Å². The van der Waals surface area contributed by atoms with Crippen LogP contribution >= 0.6 is 0 Å². The maximum absolute atomic E-state index is 12.9. The summed E-state index contributed by atoms with van der Waals surface area (Å²) < 4.78 is 7.33. The van der Waals surface area contributed by atoms with Crippen LogP contribution in [0.15, 0.2) is 43.1 Å². The molecule has 1 amide bonds. The molecule has 3 aromatic rings. The van der Waals surface area contributed by atoms with Crippen molar-refractivity contribution in [3.63, 3.8) is 0 Å². The third kappa shape index (κ3) is 4.21. The Morgan fingerprint density at radius 1 is 1.33 bits per heavy atom. The van der Waals surface area contributed by atoms with Crippen molar-refractivity contribution in [2.45, 2.75) is 39.2 Å². The first-order chi connectivity index (χ1) is 14.5. The summed E-state index contributed by atoms with van der Waals surface area (Å²) in [6.07, 6.45) is 9.73. The second-order valence-corrected chi connectivity index (χ2v) is 7.81. The van der Waals surface area contributed by atoms with Crippen LogP contribution in [0.4, 0.5) is 5.69 Å². The Morgan fingerprint density at radius 3 is 2.87 bits per heavy atom. The number of nitrogens with zero attached hydrogens (tertiary/aromatic N) is 3. The molecule has 30 heavy (non-hydrogen) atoms. The molecule has 0 bridgehead atoms. The molecule has 1 atom stereocenters. The number of nitrogen functional groups attached to an aromatic ring is 1. The number of carbonyl (C=O) groups is 1. The van der Waals surface area contributed by atoms with E-state index in [1.807, 2.05) is 49.0 Å². The Bertz CT molecular complexity index is 1020. The van der Waals surface area contributed by atoms with Crippen molar-refractivity contribution in [1.82, 2.24) is 19.9 Å². The van der Waals surface area contributed by atoms with Crippen molar-refractivity contribution in [3.05, 3.63) is 70.9 Å². The van der Waals surface area contributed by atoms with E-state index in [9.17, 15) is 4.79 Å². The van der Waals surface area contributed by atoms with E-state index in [-0.39, 0.29) is 11.9 Å². The molecule has 3 N–H and O–H groups in total. The van der Waals surface area contributed by atoms with Gasteiger partial charge in [0.2, 0.25) is 0 Å². The Morgan fingerprint density at radius 2 is 2.20 bits per heavy atom. The SMILES string of the molecule is Cc1c(Cc2ccc(-n3ccnc3)nc2)cc(C(=O)NC2CCCOC2)c(N)c1C. The van der Waals surface area contributed by atoms with Crippen LogP contribution in [0.25, 0.3) is 5.82 Å². The Kier molecular flexibility index (Phi) is 5.81. The first kappa shape index (κ1) is 20.1. The fraction of sp³-hybridized carbons (Fsp3) is 0.348. The number of aromatic nitrogens is 3. The molecule has 0 aliphatic carbocycles. The number of imidazole rings is 1. The molecule has 1 fully saturated rings. The van der Waals surface area contributed by atoms with Gasteiger partial charge in [0.15, 0.2) is 0 Å². The lowest BCUT2D eigenvalue weighted by Gasteiger charge is -2.24. The molecule has 7 heteroatoms. The summed E-state index contributed by atoms with van der Waals surface area (Å²) in [6.45, 7) is 5.33. The van der Waals surface area contributed by atoms with E-state index >= 15 is 0 Å². The minimum absolute atomic E-state index is 0.0376. The number of amides is 1. The highest BCUT2D eigenvalue weighted by Gasteiger charge is 2.21. The second-order valence-electron chi connectivity index (χ2n) is 7.81. The first-order valence-electron chi connectivity index (χ1n) is 10.2. The van der Waals surface area contributed by atoms with E-state index in [1.54, 1.807) is 12.5 Å². The Balaban J connectivity index is 1.56. The summed E-state index contributed by atoms with van der Waals surface area (Å²) >= 11 is 0. The van der Waals surface area contributed by atoms with Gasteiger partial charge < -0.3 is 15.8 Å². The van der Waals surface area contributed by atoms with Crippen LogP contribution in [-0.2, 0) is 11.2 Å². The molecule has 2 aromatic heterocycles. The van der Waals surface area contributed by atoms with Gasteiger partial charge >= 0.3 is 0 Å². The van der Waals surface area contributed by atoms with Gasteiger partial charge in [0.1, 0.15) is 12.1 Å². The van der Waals surface area contributed by atoms with E-state index in [4.69, 9.17) is 10.5 Å². The predicted molar refractivity (Wildman–Crippen MR) is 116 cm³/mol. The fourth-order valence-electron chi connectivity index (χ4n) is 3.78. The molecular formula is C23H27N5O2. The van der Waals surface area contributed by atoms with Gasteiger partial charge in [-0.15, -0.1) is 0 Å². The molecule has 7 nitrogen and oxygen atoms in total. The first-order valence-corrected chi connectivity index (χ1v) is 10.2. The summed E-state index contributed by atoms with van der Waals surface area (Å²) in [5.74, 6) is 0.678. The normalized spacial score (nSPS) is 16.4. The molecule has 1 aromatic carbocycles. The lowest BCUT2D eigenvalue weighted by atomic mass is 9.93. The lowest BCUT2D eigenvalue weighted by molar-refractivity contribution is 0.0624. The minimum Gasteiger partial charge on any atom is -0.398 e. The lowest BCUT2D eigenvalue weighted by Crippen LogP contribution is -2.41. The highest BCUT2D eigenvalue weighted by molar-refractivity contribution is 6.00. The molecular weight excluding hydrogens is 378 g/mol. The number of hydrogen-bond donors (Lipinski definition) is 2. The molecule has 1 aliphatic rings. The van der Waals surface area contributed by atoms with Crippen LogP contribution in [0.2, 0.25) is 0 Å². The number of nitrogens with two attached hydrogens (primary N) is 1. The van der Waals surface area contributed by atoms with Crippen molar-refractivity contribution in [2.24, 2.45) is 0 Å². The van der Waals surface area contributed by atoms with Crippen LogP contribution in [0.1, 0.15) is 45.5 Å². The number of nitrogens with one attached hydrogen (secondary N) is 1. The summed E-state index contributed by atoms with van der Waals surface area (Å²) in [7, 11) is 0. The Hall–Kier alpha value is -3.19. The van der Waals surface area contributed by atoms with E-state index in [1.165, 1.54) is 0 Å². The molecule has 0 saturated carbocycles. The summed E-state index contributed by atoms with van der Waals surface area (Å²) in [5.41, 5.74) is 11.6. The number of ether oxygens (including phenoxy) is 1. The van der Waals surface area contributed by atoms with Gasteiger partial charge in [0.25, 0.3) is 5.91 Å². The van der Waals surface area contributed by atoms with Crippen LogP contribution in [0, 0.1) is 13.8 Å². The molecule has 156 valence electrons. The molecule has 1 aliphatic heterocycles. The highest BCUT2D eigenvalue weighted by atomic mass is 16.5. The zero-order chi connectivity index (χ0) is 21.1. The van der Waals surface area contributed by atoms with E-state index in [2.05, 4.69) is 15.3 Å². The van der Waals surface area contributed by atoms with Crippen molar-refractivity contribution < 1.29 is 9.53 Å². The molecule has 0 radical (unpaired) electrons. The van der Waals surface area contributed by atoms with Crippen LogP contribution in [-0.4, -0.2) is 39.7 Å². The number of benzene rings is 1. The average molecular weight is 406 g/mol. The smallest absolute Gasteiger partial charge is 0.253 e. The highest BCUT2D eigenvalue weighted by Crippen LogP contribution is 2.27. The minimum atomic E-state index is -0.138. The molecule has 3 heterocycles. The monoisotopic (exact) mass is 405 g/mol. The van der Waals surface area contributed by atoms with Gasteiger partial charge in [-0.1, -0.05) is 6.07 Å². The fourth-order valence-corrected chi connectivity index (χ4v) is 3.78. The number of carbonyl (C=O) groups excluding carboxylic acids is 1. The third-order valence-corrected chi connectivity index (χ3v) is 5.77. The van der Waals surface area contributed by atoms with Crippen LogP contribution in [0.3, 0.4) is 0 Å². The maximum Gasteiger partial charge on any atom is 0.253 e. The zero-order valence-corrected chi connectivity index (χ0v) is 17.4. The van der Waals surface area contributed by atoms with Crippen LogP contribution in [0.5, 0.6) is 0 Å². The molecule has 1 saturated heterocycles. The second kappa shape index (κ2) is 8.67. The van der Waals surface area contributed by atoms with Gasteiger partial charge in [-0.2, -0.15) is 0 Å². The molecule has 0 spiro atoms. The van der Waals surface area contributed by atoms with Crippen molar-refractivity contribution in [1.29, 1.82) is 0 Å². The van der Waals surface area contributed by atoms with E-state index in [0.29, 0.717) is 24.3 Å². The average Bonchev–Trinajstić information content (AvgIpc) is 3.30. The maximum atomic E-state index is 12.9. The summed E-state index contributed by atoms with van der Waals surface area (Å²) in [6, 6.07) is 5.97. The standard InChI is InChI=1S/C23H27N5O2/c1-15-16(2)22(24)20(23(29)27-19-4-3-9-30-13-19)11-18(15)10-17-5-6-21(26-12-17)28-8-7-25-14-28/h5-8,11-12,14,19H,3-4,9-10,13,24H2,1-2H3,(H,27,29). The van der Waals surface area contributed by atoms with Gasteiger partial charge in [-0.3, -0.25) is 9.36 Å². The van der Waals surface area contributed by atoms with E-state index < -0.39 is 0 Å². The van der Waals surface area contributed by atoms with Gasteiger partial charge in [-0.25, -0.2) is 9.97 Å². The quantitative estimate of drug-likeness (QED) is 0.637. The number of anilines is 1. The van der Waals surface area contributed by atoms with Gasteiger partial charge in [0.05, 0.1) is 18.2 Å². The summed E-state index contributed by atoms with van der Waals surface area (Å²) in [5, 5.41) is 3.07. The zero-order valence-electron chi connectivity index (χ0n) is 17.4. The molecule has 1 unspecified atom stereocenters. The number of pyridine rings is 1. The van der Waals surface area contributed by atoms with Gasteiger partial charge in [0, 0.05) is 30.9 Å². The predicted octanol–water partition coefficient (Wildman–Crippen LogP) is 2.97.